The Labute approximate surface area is 200 Å². The predicted molar refractivity (Wildman–Crippen MR) is 119 cm³/mol. The molecule has 1 saturated heterocycles. The second-order valence-corrected chi connectivity index (χ2v) is 8.28. The third-order valence-electron chi connectivity index (χ3n) is 5.87. The molecule has 1 atom stereocenters. The molecule has 1 unspecified atom stereocenters. The van der Waals surface area contributed by atoms with Gasteiger partial charge in [0.1, 0.15) is 11.6 Å². The molecule has 2 aromatic rings. The van der Waals surface area contributed by atoms with Gasteiger partial charge >= 0.3 is 6.36 Å². The highest BCUT2D eigenvalue weighted by Crippen LogP contribution is 2.25. The van der Waals surface area contributed by atoms with Crippen LogP contribution in [0.3, 0.4) is 0 Å². The summed E-state index contributed by atoms with van der Waals surface area (Å²) in [6.07, 6.45) is -3.62. The number of alkyl halides is 3. The van der Waals surface area contributed by atoms with E-state index >= 15 is 0 Å². The van der Waals surface area contributed by atoms with Crippen LogP contribution in [-0.2, 0) is 16.0 Å². The number of hydroxylamine groups is 1. The summed E-state index contributed by atoms with van der Waals surface area (Å²) in [7, 11) is 0. The van der Waals surface area contributed by atoms with Gasteiger partial charge in [-0.05, 0) is 49.1 Å². The van der Waals surface area contributed by atoms with Crippen molar-refractivity contribution in [3.05, 3.63) is 59.9 Å². The first-order valence-electron chi connectivity index (χ1n) is 11.2. The van der Waals surface area contributed by atoms with Gasteiger partial charge in [0.2, 0.25) is 11.8 Å². The summed E-state index contributed by atoms with van der Waals surface area (Å²) in [5, 5.41) is 8.91. The second-order valence-electron chi connectivity index (χ2n) is 8.28. The minimum Gasteiger partial charge on any atom is -0.406 e. The molecule has 35 heavy (non-hydrogen) atoms. The molecular weight excluding hydrogens is 470 g/mol. The highest BCUT2D eigenvalue weighted by Gasteiger charge is 2.31. The molecular formula is C24H27F4N3O4. The van der Waals surface area contributed by atoms with Gasteiger partial charge in [-0.3, -0.25) is 14.8 Å². The Bertz CT molecular complexity index is 993. The first-order chi connectivity index (χ1) is 16.7. The third kappa shape index (κ3) is 7.84. The molecule has 2 aromatic carbocycles. The summed E-state index contributed by atoms with van der Waals surface area (Å²) in [4.78, 5) is 28.4. The molecule has 1 fully saturated rings. The van der Waals surface area contributed by atoms with Crippen molar-refractivity contribution in [2.24, 2.45) is 5.92 Å². The SMILES string of the molecule is O=C(CC(CCCc1ccc(OC(F)(F)F)cc1)C(=O)N1CCN(c2ccccc2F)CC1)NO. The van der Waals surface area contributed by atoms with Gasteiger partial charge in [-0.2, -0.15) is 0 Å². The number of benzene rings is 2. The summed E-state index contributed by atoms with van der Waals surface area (Å²) < 4.78 is 54.8. The highest BCUT2D eigenvalue weighted by atomic mass is 19.4. The summed E-state index contributed by atoms with van der Waals surface area (Å²) >= 11 is 0. The Morgan fingerprint density at radius 2 is 1.69 bits per heavy atom. The van der Waals surface area contributed by atoms with Crippen molar-refractivity contribution in [2.45, 2.75) is 32.0 Å². The number of halogens is 4. The van der Waals surface area contributed by atoms with E-state index < -0.39 is 18.2 Å². The van der Waals surface area contributed by atoms with Crippen molar-refractivity contribution in [3.63, 3.8) is 0 Å². The lowest BCUT2D eigenvalue weighted by Gasteiger charge is -2.37. The van der Waals surface area contributed by atoms with Crippen LogP contribution in [0.4, 0.5) is 23.2 Å². The van der Waals surface area contributed by atoms with E-state index in [9.17, 15) is 27.2 Å². The number of hydrogen-bond acceptors (Lipinski definition) is 5. The first kappa shape index (κ1) is 26.3. The number of para-hydroxylation sites is 1. The molecule has 0 bridgehead atoms. The molecule has 11 heteroatoms. The fraction of sp³-hybridized carbons (Fsp3) is 0.417. The van der Waals surface area contributed by atoms with E-state index in [1.54, 1.807) is 28.6 Å². The molecule has 1 heterocycles. The number of amides is 2. The molecule has 2 amide bonds. The lowest BCUT2D eigenvalue weighted by molar-refractivity contribution is -0.274. The van der Waals surface area contributed by atoms with Gasteiger partial charge in [0.15, 0.2) is 0 Å². The quantitative estimate of drug-likeness (QED) is 0.312. The fourth-order valence-corrected chi connectivity index (χ4v) is 4.13. The van der Waals surface area contributed by atoms with Crippen LogP contribution in [-0.4, -0.2) is 54.5 Å². The van der Waals surface area contributed by atoms with Crippen LogP contribution in [0.5, 0.6) is 5.75 Å². The van der Waals surface area contributed by atoms with E-state index in [0.717, 1.165) is 5.56 Å². The summed E-state index contributed by atoms with van der Waals surface area (Å²) in [5.41, 5.74) is 2.79. The maximum Gasteiger partial charge on any atom is 0.573 e. The minimum atomic E-state index is -4.76. The number of anilines is 1. The number of rotatable bonds is 9. The summed E-state index contributed by atoms with van der Waals surface area (Å²) in [6, 6.07) is 11.9. The number of piperazine rings is 1. The van der Waals surface area contributed by atoms with Crippen LogP contribution in [0, 0.1) is 11.7 Å². The Morgan fingerprint density at radius 1 is 1.03 bits per heavy atom. The van der Waals surface area contributed by atoms with Crippen molar-refractivity contribution < 1.29 is 37.1 Å². The molecule has 0 aliphatic carbocycles. The lowest BCUT2D eigenvalue weighted by Crippen LogP contribution is -2.51. The number of nitrogens with zero attached hydrogens (tertiary/aromatic N) is 2. The number of ether oxygens (including phenoxy) is 1. The molecule has 190 valence electrons. The molecule has 0 spiro atoms. The number of carbonyl (C=O) groups is 2. The Balaban J connectivity index is 1.55. The van der Waals surface area contributed by atoms with Crippen molar-refractivity contribution in [2.75, 3.05) is 31.1 Å². The first-order valence-corrected chi connectivity index (χ1v) is 11.2. The predicted octanol–water partition coefficient (Wildman–Crippen LogP) is 3.91. The lowest BCUT2D eigenvalue weighted by atomic mass is 9.94. The number of carbonyl (C=O) groups excluding carboxylic acids is 2. The number of hydrogen-bond donors (Lipinski definition) is 2. The molecule has 0 aromatic heterocycles. The van der Waals surface area contributed by atoms with Crippen LogP contribution in [0.2, 0.25) is 0 Å². The Hall–Kier alpha value is -3.34. The van der Waals surface area contributed by atoms with E-state index in [1.165, 1.54) is 30.3 Å². The van der Waals surface area contributed by atoms with Crippen molar-refractivity contribution >= 4 is 17.5 Å². The van der Waals surface area contributed by atoms with E-state index in [4.69, 9.17) is 5.21 Å². The van der Waals surface area contributed by atoms with Gasteiger partial charge < -0.3 is 14.5 Å². The monoisotopic (exact) mass is 497 g/mol. The van der Waals surface area contributed by atoms with Gasteiger partial charge in [0.25, 0.3) is 0 Å². The van der Waals surface area contributed by atoms with Crippen LogP contribution in [0.25, 0.3) is 0 Å². The van der Waals surface area contributed by atoms with Crippen LogP contribution < -0.4 is 15.1 Å². The third-order valence-corrected chi connectivity index (χ3v) is 5.87. The highest BCUT2D eigenvalue weighted by molar-refractivity contribution is 5.85. The van der Waals surface area contributed by atoms with Crippen LogP contribution in [0.15, 0.2) is 48.5 Å². The maximum absolute atomic E-state index is 14.1. The second kappa shape index (κ2) is 11.9. The topological polar surface area (TPSA) is 82.1 Å². The number of nitrogens with one attached hydrogen (secondary N) is 1. The molecule has 2 N–H and O–H groups in total. The molecule has 1 aliphatic rings. The van der Waals surface area contributed by atoms with Crippen LogP contribution in [0.1, 0.15) is 24.8 Å². The zero-order valence-electron chi connectivity index (χ0n) is 18.9. The summed E-state index contributed by atoms with van der Waals surface area (Å²) in [5.74, 6) is -2.22. The van der Waals surface area contributed by atoms with Gasteiger partial charge in [0.05, 0.1) is 5.69 Å². The molecule has 0 saturated carbocycles. The fourth-order valence-electron chi connectivity index (χ4n) is 4.13. The Morgan fingerprint density at radius 3 is 2.29 bits per heavy atom. The average Bonchev–Trinajstić information content (AvgIpc) is 2.83. The van der Waals surface area contributed by atoms with Gasteiger partial charge in [-0.25, -0.2) is 9.87 Å². The average molecular weight is 497 g/mol. The maximum atomic E-state index is 14.1. The van der Waals surface area contributed by atoms with Gasteiger partial charge in [-0.15, -0.1) is 13.2 Å². The zero-order valence-corrected chi connectivity index (χ0v) is 18.9. The summed E-state index contributed by atoms with van der Waals surface area (Å²) in [6.45, 7) is 1.62. The van der Waals surface area contributed by atoms with Gasteiger partial charge in [-0.1, -0.05) is 24.3 Å². The largest absolute Gasteiger partial charge is 0.573 e. The molecule has 1 aliphatic heterocycles. The van der Waals surface area contributed by atoms with Gasteiger partial charge in [0, 0.05) is 38.5 Å². The molecule has 3 rings (SSSR count). The van der Waals surface area contributed by atoms with E-state index in [0.29, 0.717) is 51.1 Å². The Kier molecular flexibility index (Phi) is 8.91. The smallest absolute Gasteiger partial charge is 0.406 e. The van der Waals surface area contributed by atoms with Crippen LogP contribution >= 0.6 is 0 Å². The van der Waals surface area contributed by atoms with Crippen molar-refractivity contribution in [1.82, 2.24) is 10.4 Å². The van der Waals surface area contributed by atoms with Crippen molar-refractivity contribution in [3.8, 4) is 5.75 Å². The van der Waals surface area contributed by atoms with E-state index in [1.807, 2.05) is 4.90 Å². The minimum absolute atomic E-state index is 0.193. The van der Waals surface area contributed by atoms with E-state index in [2.05, 4.69) is 4.74 Å². The standard InChI is InChI=1S/C24H27F4N3O4/c25-20-6-1-2-7-21(20)30-12-14-31(15-13-30)23(33)18(16-22(32)29-34)5-3-4-17-8-10-19(11-9-17)35-24(26,27)28/h1-2,6-11,18,34H,3-5,12-16H2,(H,29,32). The van der Waals surface area contributed by atoms with E-state index in [-0.39, 0.29) is 23.9 Å². The number of aryl methyl sites for hydroxylation is 1. The van der Waals surface area contributed by atoms with Crippen molar-refractivity contribution in [1.29, 1.82) is 0 Å². The normalized spacial score (nSPS) is 15.0. The molecule has 7 nitrogen and oxygen atoms in total. The zero-order chi connectivity index (χ0) is 25.4. The molecule has 0 radical (unpaired) electrons.